The molecule has 8 heteroatoms. The number of carbonyl (C=O) groups excluding carboxylic acids is 1. The number of rotatable bonds is 7. The van der Waals surface area contributed by atoms with Gasteiger partial charge in [0.25, 0.3) is 15.9 Å². The molecule has 6 nitrogen and oxygen atoms in total. The Morgan fingerprint density at radius 3 is 2.37 bits per heavy atom. The Morgan fingerprint density at radius 2 is 1.67 bits per heavy atom. The molecule has 156 valence electrons. The Hall–Kier alpha value is -3.03. The van der Waals surface area contributed by atoms with E-state index in [1.165, 1.54) is 24.3 Å². The molecule has 0 aliphatic carbocycles. The largest absolute Gasteiger partial charge is 0.484 e. The van der Waals surface area contributed by atoms with Crippen LogP contribution in [0.1, 0.15) is 11.1 Å². The van der Waals surface area contributed by atoms with Gasteiger partial charge in [0, 0.05) is 0 Å². The van der Waals surface area contributed by atoms with Gasteiger partial charge in [-0.2, -0.15) is 0 Å². The number of amides is 1. The van der Waals surface area contributed by atoms with Crippen LogP contribution in [0.15, 0.2) is 71.6 Å². The zero-order chi connectivity index (χ0) is 21.7. The minimum atomic E-state index is -3.75. The first-order valence-electron chi connectivity index (χ1n) is 9.12. The number of hydrogen-bond acceptors (Lipinski definition) is 4. The van der Waals surface area contributed by atoms with Gasteiger partial charge in [0.2, 0.25) is 0 Å². The summed E-state index contributed by atoms with van der Waals surface area (Å²) in [7, 11) is -3.75. The van der Waals surface area contributed by atoms with Crippen molar-refractivity contribution >= 4 is 38.9 Å². The molecule has 0 heterocycles. The minimum absolute atomic E-state index is 0.0938. The van der Waals surface area contributed by atoms with Gasteiger partial charge in [0.05, 0.1) is 21.3 Å². The van der Waals surface area contributed by atoms with Gasteiger partial charge < -0.3 is 10.1 Å². The zero-order valence-corrected chi connectivity index (χ0v) is 18.0. The van der Waals surface area contributed by atoms with Gasteiger partial charge in [0.1, 0.15) is 5.75 Å². The van der Waals surface area contributed by atoms with E-state index in [0.717, 1.165) is 11.1 Å². The molecule has 0 bridgehead atoms. The lowest BCUT2D eigenvalue weighted by Crippen LogP contribution is -2.20. The first kappa shape index (κ1) is 21.7. The Balaban J connectivity index is 1.62. The SMILES string of the molecule is Cc1ccc(C)c(NS(=O)(=O)c2ccc(OCC(=O)Nc3ccccc3Cl)cc2)c1. The molecule has 0 radical (unpaired) electrons. The summed E-state index contributed by atoms with van der Waals surface area (Å²) in [6.07, 6.45) is 0. The molecule has 0 spiro atoms. The number of nitrogens with one attached hydrogen (secondary N) is 2. The maximum atomic E-state index is 12.6. The van der Waals surface area contributed by atoms with E-state index in [1.807, 2.05) is 26.0 Å². The predicted molar refractivity (Wildman–Crippen MR) is 119 cm³/mol. The summed E-state index contributed by atoms with van der Waals surface area (Å²) >= 11 is 6.00. The van der Waals surface area contributed by atoms with Crippen molar-refractivity contribution in [3.05, 3.63) is 82.9 Å². The highest BCUT2D eigenvalue weighted by Gasteiger charge is 2.16. The van der Waals surface area contributed by atoms with E-state index in [1.54, 1.807) is 30.3 Å². The van der Waals surface area contributed by atoms with Crippen molar-refractivity contribution in [2.75, 3.05) is 16.6 Å². The van der Waals surface area contributed by atoms with E-state index in [0.29, 0.717) is 22.1 Å². The molecule has 0 atom stereocenters. The first-order chi connectivity index (χ1) is 14.2. The molecule has 0 unspecified atom stereocenters. The fourth-order valence-corrected chi connectivity index (χ4v) is 3.97. The van der Waals surface area contributed by atoms with Gasteiger partial charge in [-0.05, 0) is 67.4 Å². The molecule has 0 aliphatic heterocycles. The summed E-state index contributed by atoms with van der Waals surface area (Å²) in [6, 6.07) is 18.3. The monoisotopic (exact) mass is 444 g/mol. The molecule has 1 amide bonds. The molecule has 0 saturated heterocycles. The number of hydrogen-bond donors (Lipinski definition) is 2. The van der Waals surface area contributed by atoms with Crippen LogP contribution in [-0.4, -0.2) is 20.9 Å². The van der Waals surface area contributed by atoms with Crippen LogP contribution in [0.25, 0.3) is 0 Å². The summed E-state index contributed by atoms with van der Waals surface area (Å²) in [4.78, 5) is 12.1. The molecule has 3 rings (SSSR count). The van der Waals surface area contributed by atoms with E-state index in [2.05, 4.69) is 10.0 Å². The molecule has 0 fully saturated rings. The fraction of sp³-hybridized carbons (Fsp3) is 0.136. The topological polar surface area (TPSA) is 84.5 Å². The van der Waals surface area contributed by atoms with Gasteiger partial charge in [-0.25, -0.2) is 8.42 Å². The Labute approximate surface area is 180 Å². The molecular formula is C22H21ClN2O4S. The van der Waals surface area contributed by atoms with Crippen LogP contribution in [0.3, 0.4) is 0 Å². The van der Waals surface area contributed by atoms with Crippen LogP contribution in [0.4, 0.5) is 11.4 Å². The minimum Gasteiger partial charge on any atom is -0.484 e. The normalized spacial score (nSPS) is 11.0. The van der Waals surface area contributed by atoms with Gasteiger partial charge in [-0.1, -0.05) is 35.9 Å². The van der Waals surface area contributed by atoms with Crippen molar-refractivity contribution in [2.45, 2.75) is 18.7 Å². The van der Waals surface area contributed by atoms with E-state index in [4.69, 9.17) is 16.3 Å². The van der Waals surface area contributed by atoms with Gasteiger partial charge in [-0.15, -0.1) is 0 Å². The van der Waals surface area contributed by atoms with Crippen molar-refractivity contribution in [3.8, 4) is 5.75 Å². The van der Waals surface area contributed by atoms with E-state index < -0.39 is 10.0 Å². The molecule has 0 saturated carbocycles. The standard InChI is InChI=1S/C22H21ClN2O4S/c1-15-7-8-16(2)21(13-15)25-30(27,28)18-11-9-17(10-12-18)29-14-22(26)24-20-6-4-3-5-19(20)23/h3-13,25H,14H2,1-2H3,(H,24,26). The quantitative estimate of drug-likeness (QED) is 0.549. The molecule has 3 aromatic rings. The summed E-state index contributed by atoms with van der Waals surface area (Å²) in [5.74, 6) is -0.00798. The summed E-state index contributed by atoms with van der Waals surface area (Å²) in [6.45, 7) is 3.49. The lowest BCUT2D eigenvalue weighted by Gasteiger charge is -2.12. The maximum Gasteiger partial charge on any atom is 0.262 e. The highest BCUT2D eigenvalue weighted by molar-refractivity contribution is 7.92. The highest BCUT2D eigenvalue weighted by atomic mass is 35.5. The summed E-state index contributed by atoms with van der Waals surface area (Å²) in [5.41, 5.74) is 2.81. The second kappa shape index (κ2) is 9.19. The fourth-order valence-electron chi connectivity index (χ4n) is 2.66. The van der Waals surface area contributed by atoms with Crippen LogP contribution >= 0.6 is 11.6 Å². The molecule has 3 aromatic carbocycles. The van der Waals surface area contributed by atoms with Crippen molar-refractivity contribution in [2.24, 2.45) is 0 Å². The van der Waals surface area contributed by atoms with E-state index in [9.17, 15) is 13.2 Å². The number of ether oxygens (including phenoxy) is 1. The molecular weight excluding hydrogens is 424 g/mol. The number of benzene rings is 3. The molecule has 2 N–H and O–H groups in total. The summed E-state index contributed by atoms with van der Waals surface area (Å²) in [5, 5.41) is 3.08. The van der Waals surface area contributed by atoms with Crippen LogP contribution < -0.4 is 14.8 Å². The van der Waals surface area contributed by atoms with Gasteiger partial charge >= 0.3 is 0 Å². The number of sulfonamides is 1. The van der Waals surface area contributed by atoms with Gasteiger partial charge in [-0.3, -0.25) is 9.52 Å². The Morgan fingerprint density at radius 1 is 0.967 bits per heavy atom. The number of anilines is 2. The Bertz CT molecular complexity index is 1160. The van der Waals surface area contributed by atoms with Crippen molar-refractivity contribution in [3.63, 3.8) is 0 Å². The van der Waals surface area contributed by atoms with Gasteiger partial charge in [0.15, 0.2) is 6.61 Å². The van der Waals surface area contributed by atoms with Crippen LogP contribution in [-0.2, 0) is 14.8 Å². The predicted octanol–water partition coefficient (Wildman–Crippen LogP) is 4.78. The zero-order valence-electron chi connectivity index (χ0n) is 16.5. The van der Waals surface area contributed by atoms with Crippen molar-refractivity contribution < 1.29 is 17.9 Å². The van der Waals surface area contributed by atoms with E-state index in [-0.39, 0.29) is 17.4 Å². The third-order valence-electron chi connectivity index (χ3n) is 4.29. The molecule has 0 aliphatic rings. The number of aryl methyl sites for hydroxylation is 2. The third kappa shape index (κ3) is 5.52. The van der Waals surface area contributed by atoms with E-state index >= 15 is 0 Å². The number of para-hydroxylation sites is 1. The smallest absolute Gasteiger partial charge is 0.262 e. The summed E-state index contributed by atoms with van der Waals surface area (Å²) < 4.78 is 33.3. The van der Waals surface area contributed by atoms with Crippen LogP contribution in [0.5, 0.6) is 5.75 Å². The number of halogens is 1. The van der Waals surface area contributed by atoms with Crippen molar-refractivity contribution in [1.82, 2.24) is 0 Å². The third-order valence-corrected chi connectivity index (χ3v) is 6.00. The molecule has 30 heavy (non-hydrogen) atoms. The Kier molecular flexibility index (Phi) is 6.64. The maximum absolute atomic E-state index is 12.6. The first-order valence-corrected chi connectivity index (χ1v) is 11.0. The average Bonchev–Trinajstić information content (AvgIpc) is 2.71. The van der Waals surface area contributed by atoms with Crippen LogP contribution in [0, 0.1) is 13.8 Å². The lowest BCUT2D eigenvalue weighted by molar-refractivity contribution is -0.118. The number of carbonyl (C=O) groups is 1. The lowest BCUT2D eigenvalue weighted by atomic mass is 10.1. The average molecular weight is 445 g/mol. The van der Waals surface area contributed by atoms with Crippen molar-refractivity contribution in [1.29, 1.82) is 0 Å². The second-order valence-corrected chi connectivity index (χ2v) is 8.80. The highest BCUT2D eigenvalue weighted by Crippen LogP contribution is 2.23. The second-order valence-electron chi connectivity index (χ2n) is 6.71. The van der Waals surface area contributed by atoms with Crippen LogP contribution in [0.2, 0.25) is 5.02 Å². The molecule has 0 aromatic heterocycles.